The summed E-state index contributed by atoms with van der Waals surface area (Å²) in [6, 6.07) is 14.5. The van der Waals surface area contributed by atoms with E-state index in [1.165, 1.54) is 11.1 Å². The maximum atomic E-state index is 8.59. The van der Waals surface area contributed by atoms with Crippen LogP contribution >= 0.6 is 0 Å². The fourth-order valence-corrected chi connectivity index (χ4v) is 2.65. The molecule has 0 aliphatic rings. The van der Waals surface area contributed by atoms with E-state index in [0.29, 0.717) is 6.42 Å². The van der Waals surface area contributed by atoms with Gasteiger partial charge in [-0.1, -0.05) is 63.2 Å². The van der Waals surface area contributed by atoms with E-state index in [0.717, 1.165) is 23.1 Å². The molecule has 2 rings (SSSR count). The van der Waals surface area contributed by atoms with Gasteiger partial charge in [0.2, 0.25) is 0 Å². The molecule has 0 saturated heterocycles. The summed E-state index contributed by atoms with van der Waals surface area (Å²) in [5, 5.41) is 0. The van der Waals surface area contributed by atoms with Gasteiger partial charge in [-0.05, 0) is 66.3 Å². The lowest BCUT2D eigenvalue weighted by atomic mass is 9.83. The van der Waals surface area contributed by atoms with Crippen molar-refractivity contribution in [3.63, 3.8) is 0 Å². The molecule has 0 spiro atoms. The van der Waals surface area contributed by atoms with Gasteiger partial charge in [0, 0.05) is 2.74 Å². The Balaban J connectivity index is 2.29. The molecule has 0 saturated carbocycles. The first kappa shape index (κ1) is 13.1. The fourth-order valence-electron chi connectivity index (χ4n) is 2.65. The zero-order valence-electron chi connectivity index (χ0n) is 16.0. The van der Waals surface area contributed by atoms with E-state index in [1.54, 1.807) is 0 Å². The molecule has 0 fully saturated rings. The van der Waals surface area contributed by atoms with Gasteiger partial charge in [0.1, 0.15) is 0 Å². The van der Waals surface area contributed by atoms with Crippen LogP contribution in [-0.4, -0.2) is 0 Å². The Kier molecular flexibility index (Phi) is 4.05. The van der Waals surface area contributed by atoms with Crippen LogP contribution < -0.4 is 0 Å². The Bertz CT molecular complexity index is 641. The third-order valence-corrected chi connectivity index (χ3v) is 3.96. The minimum absolute atomic E-state index is 0.0881. The second kappa shape index (κ2) is 6.47. The van der Waals surface area contributed by atoms with Gasteiger partial charge in [0.25, 0.3) is 0 Å². The SMILES string of the molecule is [2H]C([2H])(CCc1ccccc1)c1c(C)cc(C(C)(C)C)cc1C. The molecule has 0 radical (unpaired) electrons. The van der Waals surface area contributed by atoms with Crippen molar-refractivity contribution < 1.29 is 2.74 Å². The van der Waals surface area contributed by atoms with E-state index in [4.69, 9.17) is 2.74 Å². The number of rotatable bonds is 4. The standard InChI is InChI=1S/C21H28/c1-16-14-19(21(3,4)5)15-17(2)20(16)13-9-12-18-10-7-6-8-11-18/h6-8,10-11,14-15H,9,12-13H2,1-5H3/i13D2. The minimum Gasteiger partial charge on any atom is -0.0622 e. The van der Waals surface area contributed by atoms with Crippen molar-refractivity contribution in [2.24, 2.45) is 0 Å². The molecule has 0 amide bonds. The molecular weight excluding hydrogens is 252 g/mol. The maximum Gasteiger partial charge on any atom is 0.0316 e. The molecule has 0 aromatic heterocycles. The van der Waals surface area contributed by atoms with Crippen LogP contribution in [0.2, 0.25) is 0 Å². The number of aryl methyl sites for hydroxylation is 3. The molecule has 2 aromatic carbocycles. The van der Waals surface area contributed by atoms with Gasteiger partial charge in [-0.15, -0.1) is 0 Å². The average Bonchev–Trinajstić information content (AvgIpc) is 2.44. The molecule has 112 valence electrons. The van der Waals surface area contributed by atoms with E-state index in [1.807, 2.05) is 32.0 Å². The van der Waals surface area contributed by atoms with Gasteiger partial charge < -0.3 is 0 Å². The lowest BCUT2D eigenvalue weighted by molar-refractivity contribution is 0.588. The summed E-state index contributed by atoms with van der Waals surface area (Å²) >= 11 is 0. The third kappa shape index (κ3) is 4.20. The van der Waals surface area contributed by atoms with Gasteiger partial charge >= 0.3 is 0 Å². The monoisotopic (exact) mass is 282 g/mol. The summed E-state index contributed by atoms with van der Waals surface area (Å²) < 4.78 is 17.2. The van der Waals surface area contributed by atoms with Crippen LogP contribution in [-0.2, 0) is 18.2 Å². The van der Waals surface area contributed by atoms with Crippen LogP contribution in [0.1, 0.15) is 57.8 Å². The first-order valence-corrected chi connectivity index (χ1v) is 7.77. The molecule has 21 heavy (non-hydrogen) atoms. The lowest BCUT2D eigenvalue weighted by Gasteiger charge is -2.22. The molecule has 0 heteroatoms. The zero-order chi connectivity index (χ0) is 17.3. The van der Waals surface area contributed by atoms with Crippen LogP contribution in [0, 0.1) is 13.8 Å². The van der Waals surface area contributed by atoms with Crippen LogP contribution in [0.5, 0.6) is 0 Å². The first-order chi connectivity index (χ1) is 10.6. The summed E-state index contributed by atoms with van der Waals surface area (Å²) in [4.78, 5) is 0. The summed E-state index contributed by atoms with van der Waals surface area (Å²) in [5.74, 6) is 0. The van der Waals surface area contributed by atoms with Gasteiger partial charge in [0.15, 0.2) is 0 Å². The van der Waals surface area contributed by atoms with Crippen molar-refractivity contribution in [3.8, 4) is 0 Å². The van der Waals surface area contributed by atoms with Crippen LogP contribution in [0.15, 0.2) is 42.5 Å². The second-order valence-corrected chi connectivity index (χ2v) is 6.90. The average molecular weight is 282 g/mol. The largest absolute Gasteiger partial charge is 0.0622 e. The zero-order valence-corrected chi connectivity index (χ0v) is 14.0. The van der Waals surface area contributed by atoms with Gasteiger partial charge in [-0.2, -0.15) is 0 Å². The Morgan fingerprint density at radius 2 is 1.52 bits per heavy atom. The molecular formula is C21H28. The van der Waals surface area contributed by atoms with Crippen molar-refractivity contribution in [2.75, 3.05) is 0 Å². The highest BCUT2D eigenvalue weighted by molar-refractivity contribution is 5.40. The summed E-state index contributed by atoms with van der Waals surface area (Å²) in [6.45, 7) is 10.7. The summed E-state index contributed by atoms with van der Waals surface area (Å²) in [5.41, 5.74) is 5.54. The Labute approximate surface area is 133 Å². The topological polar surface area (TPSA) is 0 Å². The molecule has 0 atom stereocenters. The van der Waals surface area contributed by atoms with Gasteiger partial charge in [-0.25, -0.2) is 0 Å². The predicted molar refractivity (Wildman–Crippen MR) is 93.1 cm³/mol. The highest BCUT2D eigenvalue weighted by Crippen LogP contribution is 2.27. The van der Waals surface area contributed by atoms with E-state index >= 15 is 0 Å². The van der Waals surface area contributed by atoms with Crippen LogP contribution in [0.25, 0.3) is 0 Å². The minimum atomic E-state index is -1.31. The number of benzene rings is 2. The molecule has 0 aliphatic heterocycles. The molecule has 0 nitrogen and oxygen atoms in total. The second-order valence-electron chi connectivity index (χ2n) is 6.90. The number of hydrogen-bond acceptors (Lipinski definition) is 0. The maximum absolute atomic E-state index is 8.59. The van der Waals surface area contributed by atoms with Crippen LogP contribution in [0.4, 0.5) is 0 Å². The van der Waals surface area contributed by atoms with Crippen molar-refractivity contribution in [3.05, 3.63) is 70.3 Å². The van der Waals surface area contributed by atoms with Crippen molar-refractivity contribution in [2.45, 2.75) is 59.2 Å². The Morgan fingerprint density at radius 1 is 0.952 bits per heavy atom. The Morgan fingerprint density at radius 3 is 2.05 bits per heavy atom. The molecule has 2 aromatic rings. The highest BCUT2D eigenvalue weighted by atomic mass is 14.2. The van der Waals surface area contributed by atoms with Crippen molar-refractivity contribution >= 4 is 0 Å². The van der Waals surface area contributed by atoms with E-state index in [9.17, 15) is 0 Å². The molecule has 0 aliphatic carbocycles. The smallest absolute Gasteiger partial charge is 0.0316 e. The van der Waals surface area contributed by atoms with Crippen molar-refractivity contribution in [1.82, 2.24) is 0 Å². The normalized spacial score (nSPS) is 13.8. The molecule has 0 unspecified atom stereocenters. The highest BCUT2D eigenvalue weighted by Gasteiger charge is 2.16. The van der Waals surface area contributed by atoms with Crippen molar-refractivity contribution in [1.29, 1.82) is 0 Å². The summed E-state index contributed by atoms with van der Waals surface area (Å²) in [6.07, 6.45) is -0.0400. The Hall–Kier alpha value is -1.56. The predicted octanol–water partition coefficient (Wildman–Crippen LogP) is 5.78. The first-order valence-electron chi connectivity index (χ1n) is 8.77. The number of hydrogen-bond donors (Lipinski definition) is 0. The van der Waals surface area contributed by atoms with Gasteiger partial charge in [0.05, 0.1) is 0 Å². The van der Waals surface area contributed by atoms with Gasteiger partial charge in [-0.3, -0.25) is 0 Å². The molecule has 0 heterocycles. The summed E-state index contributed by atoms with van der Waals surface area (Å²) in [7, 11) is 0. The lowest BCUT2D eigenvalue weighted by Crippen LogP contribution is -2.12. The quantitative estimate of drug-likeness (QED) is 0.667. The molecule has 0 bridgehead atoms. The van der Waals surface area contributed by atoms with E-state index in [-0.39, 0.29) is 5.41 Å². The fraction of sp³-hybridized carbons (Fsp3) is 0.429. The van der Waals surface area contributed by atoms with E-state index in [2.05, 4.69) is 45.0 Å². The molecule has 0 N–H and O–H groups in total. The van der Waals surface area contributed by atoms with Crippen LogP contribution in [0.3, 0.4) is 0 Å². The van der Waals surface area contributed by atoms with E-state index < -0.39 is 6.37 Å². The third-order valence-electron chi connectivity index (χ3n) is 3.96.